The minimum atomic E-state index is 0.840. The van der Waals surface area contributed by atoms with Crippen LogP contribution in [0.4, 0.5) is 5.82 Å². The van der Waals surface area contributed by atoms with Gasteiger partial charge in [0.2, 0.25) is 0 Å². The van der Waals surface area contributed by atoms with Crippen molar-refractivity contribution in [3.8, 4) is 16.8 Å². The average molecular weight is 428 g/mol. The molecule has 0 saturated carbocycles. The van der Waals surface area contributed by atoms with Gasteiger partial charge in [0, 0.05) is 37.1 Å². The highest BCUT2D eigenvalue weighted by molar-refractivity contribution is 6.02. The zero-order valence-corrected chi connectivity index (χ0v) is 18.5. The minimum absolute atomic E-state index is 0.840. The maximum Gasteiger partial charge on any atom is 0.150 e. The molecule has 1 saturated heterocycles. The van der Waals surface area contributed by atoms with Crippen LogP contribution in [0.3, 0.4) is 0 Å². The van der Waals surface area contributed by atoms with Crippen molar-refractivity contribution in [2.75, 3.05) is 44.7 Å². The van der Waals surface area contributed by atoms with Crippen LogP contribution in [-0.2, 0) is 4.74 Å². The summed E-state index contributed by atoms with van der Waals surface area (Å²) >= 11 is 0. The van der Waals surface area contributed by atoms with Crippen LogP contribution in [0.2, 0.25) is 0 Å². The molecule has 1 aliphatic heterocycles. The molecule has 1 fully saturated rings. The first kappa shape index (κ1) is 20.7. The molecule has 0 atom stereocenters. The Morgan fingerprint density at radius 3 is 2.66 bits per heavy atom. The number of aryl methyl sites for hydroxylation is 1. The fourth-order valence-electron chi connectivity index (χ4n) is 4.34. The van der Waals surface area contributed by atoms with Gasteiger partial charge in [0.05, 0.1) is 18.6 Å². The van der Waals surface area contributed by atoms with Gasteiger partial charge in [-0.3, -0.25) is 4.90 Å². The van der Waals surface area contributed by atoms with Gasteiger partial charge in [-0.15, -0.1) is 0 Å². The molecule has 5 rings (SSSR count). The molecule has 0 aliphatic carbocycles. The van der Waals surface area contributed by atoms with Crippen molar-refractivity contribution in [2.24, 2.45) is 0 Å². The molecule has 0 unspecified atom stereocenters. The summed E-state index contributed by atoms with van der Waals surface area (Å²) in [6, 6.07) is 19.0. The largest absolute Gasteiger partial charge is 0.379 e. The van der Waals surface area contributed by atoms with Gasteiger partial charge in [0.25, 0.3) is 0 Å². The van der Waals surface area contributed by atoms with Crippen molar-refractivity contribution >= 4 is 16.9 Å². The van der Waals surface area contributed by atoms with E-state index in [1.54, 1.807) is 6.33 Å². The SMILES string of the molecule is Cc1cccc(-n2cc(-c3ccccc3)c3c(NCCCN4CCOCC4)ncnc32)c1. The second-order valence-corrected chi connectivity index (χ2v) is 8.27. The van der Waals surface area contributed by atoms with Gasteiger partial charge in [-0.1, -0.05) is 42.5 Å². The number of hydrogen-bond acceptors (Lipinski definition) is 5. The molecule has 6 nitrogen and oxygen atoms in total. The van der Waals surface area contributed by atoms with E-state index >= 15 is 0 Å². The van der Waals surface area contributed by atoms with Crippen LogP contribution in [0.5, 0.6) is 0 Å². The maximum atomic E-state index is 5.45. The number of rotatable bonds is 7. The topological polar surface area (TPSA) is 55.2 Å². The van der Waals surface area contributed by atoms with Gasteiger partial charge in [-0.2, -0.15) is 0 Å². The number of aromatic nitrogens is 3. The second kappa shape index (κ2) is 9.51. The molecule has 0 bridgehead atoms. The van der Waals surface area contributed by atoms with Crippen LogP contribution in [0.25, 0.3) is 27.8 Å². The lowest BCUT2D eigenvalue weighted by atomic mass is 10.1. The maximum absolute atomic E-state index is 5.45. The quantitative estimate of drug-likeness (QED) is 0.439. The van der Waals surface area contributed by atoms with E-state index < -0.39 is 0 Å². The van der Waals surface area contributed by atoms with E-state index in [0.717, 1.165) is 79.5 Å². The lowest BCUT2D eigenvalue weighted by Crippen LogP contribution is -2.37. The van der Waals surface area contributed by atoms with Crippen LogP contribution >= 0.6 is 0 Å². The van der Waals surface area contributed by atoms with E-state index in [1.165, 1.54) is 5.56 Å². The molecular weight excluding hydrogens is 398 g/mol. The van der Waals surface area contributed by atoms with Crippen molar-refractivity contribution in [1.82, 2.24) is 19.4 Å². The number of morpholine rings is 1. The zero-order chi connectivity index (χ0) is 21.8. The Hall–Kier alpha value is -3.22. The Kier molecular flexibility index (Phi) is 6.14. The predicted octanol–water partition coefficient (Wildman–Crippen LogP) is 4.53. The second-order valence-electron chi connectivity index (χ2n) is 8.27. The van der Waals surface area contributed by atoms with Crippen molar-refractivity contribution in [3.63, 3.8) is 0 Å². The Morgan fingerprint density at radius 2 is 1.84 bits per heavy atom. The number of benzene rings is 2. The van der Waals surface area contributed by atoms with Crippen molar-refractivity contribution in [3.05, 3.63) is 72.7 Å². The summed E-state index contributed by atoms with van der Waals surface area (Å²) in [5, 5.41) is 4.65. The van der Waals surface area contributed by atoms with Crippen LogP contribution in [0.15, 0.2) is 67.1 Å². The lowest BCUT2D eigenvalue weighted by Gasteiger charge is -2.26. The first-order valence-electron chi connectivity index (χ1n) is 11.3. The van der Waals surface area contributed by atoms with E-state index in [4.69, 9.17) is 4.74 Å². The predicted molar refractivity (Wildman–Crippen MR) is 129 cm³/mol. The number of hydrogen-bond donors (Lipinski definition) is 1. The molecular formula is C26H29N5O. The molecule has 0 spiro atoms. The van der Waals surface area contributed by atoms with E-state index in [0.29, 0.717) is 0 Å². The third-order valence-corrected chi connectivity index (χ3v) is 5.99. The van der Waals surface area contributed by atoms with Gasteiger partial charge >= 0.3 is 0 Å². The van der Waals surface area contributed by atoms with Crippen molar-refractivity contribution in [2.45, 2.75) is 13.3 Å². The highest BCUT2D eigenvalue weighted by Crippen LogP contribution is 2.35. The summed E-state index contributed by atoms with van der Waals surface area (Å²) in [6.45, 7) is 7.78. The standard InChI is InChI=1S/C26H29N5O/c1-20-7-5-10-22(17-20)31-18-23(21-8-3-2-4-9-21)24-25(28-19-29-26(24)31)27-11-6-12-30-13-15-32-16-14-30/h2-5,7-10,17-19H,6,11-16H2,1H3,(H,27,28,29). The zero-order valence-electron chi connectivity index (χ0n) is 18.5. The fraction of sp³-hybridized carbons (Fsp3) is 0.308. The molecule has 3 heterocycles. The molecule has 1 aliphatic rings. The van der Waals surface area contributed by atoms with Crippen LogP contribution in [-0.4, -0.2) is 58.8 Å². The first-order valence-corrected chi connectivity index (χ1v) is 11.3. The third-order valence-electron chi connectivity index (χ3n) is 5.99. The van der Waals surface area contributed by atoms with Gasteiger partial charge in [-0.05, 0) is 43.1 Å². The molecule has 2 aromatic heterocycles. The number of anilines is 1. The smallest absolute Gasteiger partial charge is 0.150 e. The van der Waals surface area contributed by atoms with Crippen molar-refractivity contribution in [1.29, 1.82) is 0 Å². The normalized spacial score (nSPS) is 14.7. The third kappa shape index (κ3) is 4.38. The number of ether oxygens (including phenoxy) is 1. The van der Waals surface area contributed by atoms with Gasteiger partial charge < -0.3 is 14.6 Å². The highest BCUT2D eigenvalue weighted by atomic mass is 16.5. The Balaban J connectivity index is 1.48. The number of fused-ring (bicyclic) bond motifs is 1. The summed E-state index contributed by atoms with van der Waals surface area (Å²) in [7, 11) is 0. The minimum Gasteiger partial charge on any atom is -0.379 e. The molecule has 4 aromatic rings. The molecule has 0 amide bonds. The van der Waals surface area contributed by atoms with Gasteiger partial charge in [-0.25, -0.2) is 9.97 Å². The summed E-state index contributed by atoms with van der Waals surface area (Å²) in [5.74, 6) is 0.891. The molecule has 2 aromatic carbocycles. The van der Waals surface area contributed by atoms with E-state index in [9.17, 15) is 0 Å². The van der Waals surface area contributed by atoms with E-state index in [-0.39, 0.29) is 0 Å². The lowest BCUT2D eigenvalue weighted by molar-refractivity contribution is 0.0378. The molecule has 32 heavy (non-hydrogen) atoms. The molecule has 6 heteroatoms. The number of nitrogens with zero attached hydrogens (tertiary/aromatic N) is 4. The Morgan fingerprint density at radius 1 is 1.00 bits per heavy atom. The molecule has 0 radical (unpaired) electrons. The molecule has 1 N–H and O–H groups in total. The fourth-order valence-corrected chi connectivity index (χ4v) is 4.34. The Bertz CT molecular complexity index is 1180. The summed E-state index contributed by atoms with van der Waals surface area (Å²) in [4.78, 5) is 11.8. The Labute approximate surface area is 188 Å². The van der Waals surface area contributed by atoms with Crippen LogP contribution in [0, 0.1) is 6.92 Å². The van der Waals surface area contributed by atoms with E-state index in [1.807, 2.05) is 6.07 Å². The van der Waals surface area contributed by atoms with Crippen LogP contribution in [0.1, 0.15) is 12.0 Å². The van der Waals surface area contributed by atoms with Gasteiger partial charge in [0.1, 0.15) is 12.1 Å². The monoisotopic (exact) mass is 427 g/mol. The van der Waals surface area contributed by atoms with Gasteiger partial charge in [0.15, 0.2) is 5.65 Å². The first-order chi connectivity index (χ1) is 15.8. The summed E-state index contributed by atoms with van der Waals surface area (Å²) in [6.07, 6.45) is 4.90. The summed E-state index contributed by atoms with van der Waals surface area (Å²) in [5.41, 5.74) is 5.55. The number of nitrogens with one attached hydrogen (secondary N) is 1. The van der Waals surface area contributed by atoms with Crippen molar-refractivity contribution < 1.29 is 4.74 Å². The molecule has 164 valence electrons. The summed E-state index contributed by atoms with van der Waals surface area (Å²) < 4.78 is 7.62. The van der Waals surface area contributed by atoms with E-state index in [2.05, 4.69) is 86.4 Å². The average Bonchev–Trinajstić information content (AvgIpc) is 3.24. The highest BCUT2D eigenvalue weighted by Gasteiger charge is 2.17. The van der Waals surface area contributed by atoms with Crippen LogP contribution < -0.4 is 5.32 Å².